The monoisotopic (exact) mass is 271 g/mol. The zero-order valence-electron chi connectivity index (χ0n) is 10.6. The van der Waals surface area contributed by atoms with Gasteiger partial charge in [0.2, 0.25) is 0 Å². The van der Waals surface area contributed by atoms with Crippen LogP contribution in [0.2, 0.25) is 0 Å². The lowest BCUT2D eigenvalue weighted by molar-refractivity contribution is 0.195. The molecular weight excluding hydrogens is 261 g/mol. The van der Waals surface area contributed by atoms with Crippen LogP contribution >= 0.6 is 0 Å². The zero-order chi connectivity index (χ0) is 14.1. The number of pyridine rings is 1. The highest BCUT2D eigenvalue weighted by Crippen LogP contribution is 2.13. The minimum atomic E-state index is -0.717. The lowest BCUT2D eigenvalue weighted by Crippen LogP contribution is -2.28. The lowest BCUT2D eigenvalue weighted by Gasteiger charge is -2.11. The second-order valence-electron chi connectivity index (χ2n) is 4.18. The molecule has 0 saturated heterocycles. The van der Waals surface area contributed by atoms with E-state index in [2.05, 4.69) is 9.97 Å². The Kier molecular flexibility index (Phi) is 2.90. The molecule has 0 fully saturated rings. The smallest absolute Gasteiger partial charge is 0.297 e. The number of aromatic nitrogens is 3. The van der Waals surface area contributed by atoms with E-state index in [1.54, 1.807) is 31.2 Å². The fraction of sp³-hybridized carbons (Fsp3) is 0.0714. The Morgan fingerprint density at radius 3 is 2.70 bits per heavy atom. The van der Waals surface area contributed by atoms with E-state index in [4.69, 9.17) is 4.84 Å². The van der Waals surface area contributed by atoms with Crippen LogP contribution in [-0.2, 0) is 0 Å². The number of aryl methyl sites for hydroxylation is 1. The third-order valence-electron chi connectivity index (χ3n) is 2.79. The van der Waals surface area contributed by atoms with Gasteiger partial charge in [-0.25, -0.2) is 9.37 Å². The molecule has 0 aliphatic heterocycles. The Morgan fingerprint density at radius 2 is 1.95 bits per heavy atom. The van der Waals surface area contributed by atoms with Gasteiger partial charge >= 0.3 is 0 Å². The number of para-hydroxylation sites is 1. The molecule has 3 rings (SSSR count). The van der Waals surface area contributed by atoms with Gasteiger partial charge in [-0.15, -0.1) is 4.73 Å². The number of benzene rings is 1. The van der Waals surface area contributed by atoms with Crippen molar-refractivity contribution in [2.24, 2.45) is 0 Å². The van der Waals surface area contributed by atoms with E-state index in [1.807, 2.05) is 6.07 Å². The van der Waals surface area contributed by atoms with Gasteiger partial charge in [0.15, 0.2) is 11.6 Å². The number of hydrogen-bond donors (Lipinski definition) is 0. The molecule has 0 atom stereocenters. The summed E-state index contributed by atoms with van der Waals surface area (Å²) in [6.45, 7) is 1.61. The maximum absolute atomic E-state index is 13.7. The van der Waals surface area contributed by atoms with Crippen molar-refractivity contribution in [3.63, 3.8) is 0 Å². The fourth-order valence-corrected chi connectivity index (χ4v) is 1.88. The van der Waals surface area contributed by atoms with Crippen molar-refractivity contribution in [3.8, 4) is 5.75 Å². The van der Waals surface area contributed by atoms with E-state index in [-0.39, 0.29) is 10.9 Å². The summed E-state index contributed by atoms with van der Waals surface area (Å²) < 4.78 is 14.7. The van der Waals surface area contributed by atoms with Crippen LogP contribution in [0.3, 0.4) is 0 Å². The summed E-state index contributed by atoms with van der Waals surface area (Å²) in [5.74, 6) is 0.0671. The molecule has 0 bridgehead atoms. The molecule has 0 spiro atoms. The predicted molar refractivity (Wildman–Crippen MR) is 71.0 cm³/mol. The van der Waals surface area contributed by atoms with Crippen LogP contribution in [-0.4, -0.2) is 14.7 Å². The van der Waals surface area contributed by atoms with Crippen molar-refractivity contribution >= 4 is 10.9 Å². The molecule has 3 aromatic rings. The number of hydrogen-bond acceptors (Lipinski definition) is 4. The molecule has 2 heterocycles. The van der Waals surface area contributed by atoms with E-state index in [0.29, 0.717) is 11.6 Å². The highest BCUT2D eigenvalue weighted by Gasteiger charge is 2.13. The van der Waals surface area contributed by atoms with Gasteiger partial charge in [0.25, 0.3) is 5.56 Å². The molecule has 5 nitrogen and oxygen atoms in total. The molecule has 20 heavy (non-hydrogen) atoms. The summed E-state index contributed by atoms with van der Waals surface area (Å²) in [4.78, 5) is 25.6. The molecular formula is C14H10FN3O2. The van der Waals surface area contributed by atoms with Crippen molar-refractivity contribution in [1.82, 2.24) is 14.7 Å². The summed E-state index contributed by atoms with van der Waals surface area (Å²) in [6, 6.07) is 8.76. The van der Waals surface area contributed by atoms with Crippen molar-refractivity contribution in [1.29, 1.82) is 0 Å². The first-order valence-corrected chi connectivity index (χ1v) is 5.93. The molecule has 0 unspecified atom stereocenters. The first kappa shape index (κ1) is 12.3. The molecule has 0 radical (unpaired) electrons. The number of nitrogens with zero attached hydrogens (tertiary/aromatic N) is 3. The fourth-order valence-electron chi connectivity index (χ4n) is 1.88. The van der Waals surface area contributed by atoms with E-state index < -0.39 is 11.4 Å². The summed E-state index contributed by atoms with van der Waals surface area (Å²) in [6.07, 6.45) is 2.33. The first-order chi connectivity index (χ1) is 9.66. The van der Waals surface area contributed by atoms with Crippen LogP contribution in [0.1, 0.15) is 5.82 Å². The van der Waals surface area contributed by atoms with E-state index in [9.17, 15) is 9.18 Å². The van der Waals surface area contributed by atoms with Gasteiger partial charge in [-0.2, -0.15) is 0 Å². The Labute approximate surface area is 113 Å². The lowest BCUT2D eigenvalue weighted by atomic mass is 10.3. The maximum atomic E-state index is 13.7. The molecule has 100 valence electrons. The average Bonchev–Trinajstić information content (AvgIpc) is 2.44. The normalized spacial score (nSPS) is 10.7. The number of rotatable bonds is 2. The number of halogens is 1. The van der Waals surface area contributed by atoms with Crippen LogP contribution in [0, 0.1) is 12.7 Å². The SMILES string of the molecule is Cc1nc2cncc(F)c2c(=O)n1Oc1ccccc1. The second-order valence-corrected chi connectivity index (χ2v) is 4.18. The summed E-state index contributed by atoms with van der Waals surface area (Å²) in [7, 11) is 0. The highest BCUT2D eigenvalue weighted by molar-refractivity contribution is 5.76. The third-order valence-corrected chi connectivity index (χ3v) is 2.79. The van der Waals surface area contributed by atoms with Gasteiger partial charge in [-0.3, -0.25) is 9.78 Å². The van der Waals surface area contributed by atoms with Crippen LogP contribution in [0.5, 0.6) is 5.75 Å². The van der Waals surface area contributed by atoms with Gasteiger partial charge in [0.1, 0.15) is 11.2 Å². The zero-order valence-corrected chi connectivity index (χ0v) is 10.6. The quantitative estimate of drug-likeness (QED) is 0.716. The van der Waals surface area contributed by atoms with Gasteiger partial charge in [0, 0.05) is 0 Å². The summed E-state index contributed by atoms with van der Waals surface area (Å²) in [5.41, 5.74) is -0.392. The van der Waals surface area contributed by atoms with E-state index >= 15 is 0 Å². The Morgan fingerprint density at radius 1 is 1.20 bits per heavy atom. The van der Waals surface area contributed by atoms with Gasteiger partial charge in [-0.1, -0.05) is 18.2 Å². The van der Waals surface area contributed by atoms with E-state index in [1.165, 1.54) is 6.20 Å². The van der Waals surface area contributed by atoms with Gasteiger partial charge in [-0.05, 0) is 19.1 Å². The van der Waals surface area contributed by atoms with Gasteiger partial charge in [0.05, 0.1) is 17.9 Å². The second kappa shape index (κ2) is 4.73. The first-order valence-electron chi connectivity index (χ1n) is 5.93. The molecule has 0 N–H and O–H groups in total. The van der Waals surface area contributed by atoms with Crippen molar-refractivity contribution in [2.45, 2.75) is 6.92 Å². The standard InChI is InChI=1S/C14H10FN3O2/c1-9-17-12-8-16-7-11(15)13(12)14(19)18(9)20-10-5-3-2-4-6-10/h2-8H,1H3. The van der Waals surface area contributed by atoms with Crippen LogP contribution < -0.4 is 10.4 Å². The minimum absolute atomic E-state index is 0.137. The van der Waals surface area contributed by atoms with E-state index in [0.717, 1.165) is 10.9 Å². The maximum Gasteiger partial charge on any atom is 0.297 e. The molecule has 0 amide bonds. The third kappa shape index (κ3) is 2.01. The topological polar surface area (TPSA) is 57.0 Å². The Bertz CT molecular complexity index is 831. The Balaban J connectivity index is 2.21. The average molecular weight is 271 g/mol. The minimum Gasteiger partial charge on any atom is -0.370 e. The molecule has 2 aromatic heterocycles. The van der Waals surface area contributed by atoms with Crippen molar-refractivity contribution < 1.29 is 9.23 Å². The molecule has 0 aliphatic carbocycles. The van der Waals surface area contributed by atoms with Crippen LogP contribution in [0.15, 0.2) is 47.5 Å². The van der Waals surface area contributed by atoms with Crippen molar-refractivity contribution in [2.75, 3.05) is 0 Å². The Hall–Kier alpha value is -2.76. The molecule has 1 aromatic carbocycles. The van der Waals surface area contributed by atoms with Gasteiger partial charge < -0.3 is 4.84 Å². The number of fused-ring (bicyclic) bond motifs is 1. The summed E-state index contributed by atoms with van der Waals surface area (Å²) >= 11 is 0. The van der Waals surface area contributed by atoms with Crippen molar-refractivity contribution in [3.05, 3.63) is 64.7 Å². The largest absolute Gasteiger partial charge is 0.370 e. The molecule has 0 saturated carbocycles. The molecule has 6 heteroatoms. The van der Waals surface area contributed by atoms with Crippen LogP contribution in [0.25, 0.3) is 10.9 Å². The summed E-state index contributed by atoms with van der Waals surface area (Å²) in [5, 5.41) is -0.137. The molecule has 0 aliphatic rings. The van der Waals surface area contributed by atoms with Crippen LogP contribution in [0.4, 0.5) is 4.39 Å². The highest BCUT2D eigenvalue weighted by atomic mass is 19.1. The predicted octanol–water partition coefficient (Wildman–Crippen LogP) is 2.08.